The minimum atomic E-state index is -4.02. The van der Waals surface area contributed by atoms with Crippen LogP contribution < -0.4 is 10.0 Å². The molecule has 3 aromatic carbocycles. The first kappa shape index (κ1) is 18.9. The van der Waals surface area contributed by atoms with Gasteiger partial charge in [-0.2, -0.15) is 5.26 Å². The number of nitro benzene ring substituents is 1. The van der Waals surface area contributed by atoms with E-state index < -0.39 is 14.9 Å². The fourth-order valence-corrected chi connectivity index (χ4v) is 3.50. The SMILES string of the molecule is N#Cc1ccc(S(=O)(=O)Nc2cc([N+](=O)[O-])ccc2Nc2ccccc2)cc1. The molecule has 0 radical (unpaired) electrons. The minimum Gasteiger partial charge on any atom is -0.354 e. The predicted octanol–water partition coefficient (Wildman–Crippen LogP) is 4.01. The average molecular weight is 394 g/mol. The lowest BCUT2D eigenvalue weighted by Gasteiger charge is -2.14. The second kappa shape index (κ2) is 7.77. The van der Waals surface area contributed by atoms with Crippen LogP contribution in [0.2, 0.25) is 0 Å². The zero-order valence-corrected chi connectivity index (χ0v) is 15.2. The number of nitriles is 1. The first-order chi connectivity index (χ1) is 13.4. The third kappa shape index (κ3) is 4.25. The Labute approximate surface area is 161 Å². The number of para-hydroxylation sites is 1. The Morgan fingerprint density at radius 1 is 0.929 bits per heavy atom. The van der Waals surface area contributed by atoms with Gasteiger partial charge < -0.3 is 5.32 Å². The van der Waals surface area contributed by atoms with E-state index >= 15 is 0 Å². The van der Waals surface area contributed by atoms with Crippen molar-refractivity contribution in [2.45, 2.75) is 4.90 Å². The summed E-state index contributed by atoms with van der Waals surface area (Å²) in [5.74, 6) is 0. The van der Waals surface area contributed by atoms with Crippen molar-refractivity contribution < 1.29 is 13.3 Å². The van der Waals surface area contributed by atoms with Crippen molar-refractivity contribution >= 4 is 32.8 Å². The molecular weight excluding hydrogens is 380 g/mol. The molecule has 0 aromatic heterocycles. The Morgan fingerprint density at radius 3 is 2.21 bits per heavy atom. The van der Waals surface area contributed by atoms with Crippen LogP contribution in [0.5, 0.6) is 0 Å². The summed E-state index contributed by atoms with van der Waals surface area (Å²) in [4.78, 5) is 10.4. The van der Waals surface area contributed by atoms with Crippen molar-refractivity contribution in [1.29, 1.82) is 5.26 Å². The molecular formula is C19H14N4O4S. The second-order valence-corrected chi connectivity index (χ2v) is 7.40. The second-order valence-electron chi connectivity index (χ2n) is 5.72. The van der Waals surface area contributed by atoms with Gasteiger partial charge in [-0.1, -0.05) is 18.2 Å². The van der Waals surface area contributed by atoms with Crippen LogP contribution >= 0.6 is 0 Å². The number of hydrogen-bond donors (Lipinski definition) is 2. The number of nitrogens with one attached hydrogen (secondary N) is 2. The van der Waals surface area contributed by atoms with Crippen LogP contribution in [0.1, 0.15) is 5.56 Å². The van der Waals surface area contributed by atoms with Crippen LogP contribution in [0, 0.1) is 21.4 Å². The van der Waals surface area contributed by atoms with Gasteiger partial charge in [-0.05, 0) is 42.5 Å². The molecule has 0 fully saturated rings. The summed E-state index contributed by atoms with van der Waals surface area (Å²) in [5, 5.41) is 23.0. The molecule has 3 rings (SSSR count). The number of nitro groups is 1. The number of non-ortho nitro benzene ring substituents is 1. The zero-order chi connectivity index (χ0) is 20.1. The maximum atomic E-state index is 12.7. The van der Waals surface area contributed by atoms with Crippen molar-refractivity contribution in [3.63, 3.8) is 0 Å². The summed E-state index contributed by atoms with van der Waals surface area (Å²) in [7, 11) is -4.02. The summed E-state index contributed by atoms with van der Waals surface area (Å²) in [6, 6.07) is 20.1. The Morgan fingerprint density at radius 2 is 1.61 bits per heavy atom. The van der Waals surface area contributed by atoms with E-state index in [1.165, 1.54) is 36.4 Å². The van der Waals surface area contributed by atoms with E-state index in [-0.39, 0.29) is 16.3 Å². The van der Waals surface area contributed by atoms with E-state index in [1.807, 2.05) is 12.1 Å². The highest BCUT2D eigenvalue weighted by Crippen LogP contribution is 2.31. The van der Waals surface area contributed by atoms with Crippen LogP contribution in [-0.2, 0) is 10.0 Å². The molecule has 140 valence electrons. The number of hydrogen-bond acceptors (Lipinski definition) is 6. The molecule has 0 saturated heterocycles. The number of rotatable bonds is 6. The molecule has 0 aliphatic carbocycles. The summed E-state index contributed by atoms with van der Waals surface area (Å²) in [6.07, 6.45) is 0. The molecule has 0 saturated carbocycles. The van der Waals surface area contributed by atoms with Gasteiger partial charge in [0, 0.05) is 17.8 Å². The Bertz CT molecular complexity index is 1150. The zero-order valence-electron chi connectivity index (χ0n) is 14.4. The molecule has 9 heteroatoms. The molecule has 8 nitrogen and oxygen atoms in total. The fraction of sp³-hybridized carbons (Fsp3) is 0. The van der Waals surface area contributed by atoms with E-state index in [4.69, 9.17) is 5.26 Å². The molecule has 0 heterocycles. The standard InChI is InChI=1S/C19H14N4O4S/c20-13-14-6-9-17(10-7-14)28(26,27)22-19-12-16(23(24)25)8-11-18(19)21-15-4-2-1-3-5-15/h1-12,21-22H. The van der Waals surface area contributed by atoms with E-state index in [0.29, 0.717) is 16.9 Å². The first-order valence-electron chi connectivity index (χ1n) is 8.02. The van der Waals surface area contributed by atoms with Crippen LogP contribution in [0.4, 0.5) is 22.7 Å². The molecule has 2 N–H and O–H groups in total. The number of sulfonamides is 1. The highest BCUT2D eigenvalue weighted by atomic mass is 32.2. The summed E-state index contributed by atoms with van der Waals surface area (Å²) in [6.45, 7) is 0. The fourth-order valence-electron chi connectivity index (χ4n) is 2.43. The van der Waals surface area contributed by atoms with E-state index in [0.717, 1.165) is 6.07 Å². The van der Waals surface area contributed by atoms with Gasteiger partial charge in [0.05, 0.1) is 32.8 Å². The largest absolute Gasteiger partial charge is 0.354 e. The van der Waals surface area contributed by atoms with Crippen molar-refractivity contribution in [1.82, 2.24) is 0 Å². The summed E-state index contributed by atoms with van der Waals surface area (Å²) in [5.41, 5.74) is 1.14. The van der Waals surface area contributed by atoms with Crippen molar-refractivity contribution in [3.05, 3.63) is 88.5 Å². The van der Waals surface area contributed by atoms with Gasteiger partial charge in [-0.3, -0.25) is 14.8 Å². The Balaban J connectivity index is 1.99. The Kier molecular flexibility index (Phi) is 5.24. The maximum Gasteiger partial charge on any atom is 0.271 e. The molecule has 3 aromatic rings. The number of nitrogens with zero attached hydrogens (tertiary/aromatic N) is 2. The third-order valence-corrected chi connectivity index (χ3v) is 5.19. The van der Waals surface area contributed by atoms with Gasteiger partial charge >= 0.3 is 0 Å². The van der Waals surface area contributed by atoms with Crippen LogP contribution in [0.15, 0.2) is 77.7 Å². The predicted molar refractivity (Wildman–Crippen MR) is 105 cm³/mol. The molecule has 0 amide bonds. The normalized spacial score (nSPS) is 10.7. The lowest BCUT2D eigenvalue weighted by Crippen LogP contribution is -2.14. The maximum absolute atomic E-state index is 12.7. The Hall–Kier alpha value is -3.90. The molecule has 0 atom stereocenters. The van der Waals surface area contributed by atoms with E-state index in [9.17, 15) is 18.5 Å². The third-order valence-electron chi connectivity index (χ3n) is 3.80. The molecule has 0 aliphatic heterocycles. The lowest BCUT2D eigenvalue weighted by atomic mass is 10.2. The van der Waals surface area contributed by atoms with Crippen LogP contribution in [-0.4, -0.2) is 13.3 Å². The topological polar surface area (TPSA) is 125 Å². The summed E-state index contributed by atoms with van der Waals surface area (Å²) < 4.78 is 27.8. The molecule has 0 unspecified atom stereocenters. The first-order valence-corrected chi connectivity index (χ1v) is 9.51. The monoisotopic (exact) mass is 394 g/mol. The van der Waals surface area contributed by atoms with Gasteiger partial charge in [0.15, 0.2) is 0 Å². The van der Waals surface area contributed by atoms with Gasteiger partial charge in [0.1, 0.15) is 0 Å². The number of anilines is 3. The van der Waals surface area contributed by atoms with Crippen LogP contribution in [0.25, 0.3) is 0 Å². The van der Waals surface area contributed by atoms with E-state index in [1.54, 1.807) is 24.3 Å². The van der Waals surface area contributed by atoms with Crippen LogP contribution in [0.3, 0.4) is 0 Å². The van der Waals surface area contributed by atoms with Gasteiger partial charge in [0.2, 0.25) is 0 Å². The molecule has 0 spiro atoms. The lowest BCUT2D eigenvalue weighted by molar-refractivity contribution is -0.384. The van der Waals surface area contributed by atoms with Gasteiger partial charge in [0.25, 0.3) is 15.7 Å². The van der Waals surface area contributed by atoms with E-state index in [2.05, 4.69) is 10.0 Å². The molecule has 0 aliphatic rings. The minimum absolute atomic E-state index is 0.0300. The molecule has 0 bridgehead atoms. The van der Waals surface area contributed by atoms with Gasteiger partial charge in [-0.25, -0.2) is 8.42 Å². The average Bonchev–Trinajstić information content (AvgIpc) is 2.70. The van der Waals surface area contributed by atoms with Gasteiger partial charge in [-0.15, -0.1) is 0 Å². The highest BCUT2D eigenvalue weighted by molar-refractivity contribution is 7.92. The molecule has 28 heavy (non-hydrogen) atoms. The number of benzene rings is 3. The van der Waals surface area contributed by atoms with Crippen molar-refractivity contribution in [2.24, 2.45) is 0 Å². The summed E-state index contributed by atoms with van der Waals surface area (Å²) >= 11 is 0. The highest BCUT2D eigenvalue weighted by Gasteiger charge is 2.19. The van der Waals surface area contributed by atoms with Crippen molar-refractivity contribution in [3.8, 4) is 6.07 Å². The van der Waals surface area contributed by atoms with Crippen molar-refractivity contribution in [2.75, 3.05) is 10.0 Å². The quantitative estimate of drug-likeness (QED) is 0.481. The smallest absolute Gasteiger partial charge is 0.271 e.